The van der Waals surface area contributed by atoms with Crippen LogP contribution in [-0.2, 0) is 11.3 Å². The number of rotatable bonds is 3. The molecule has 0 spiro atoms. The first-order chi connectivity index (χ1) is 8.93. The van der Waals surface area contributed by atoms with Crippen molar-refractivity contribution in [3.8, 4) is 5.69 Å². The summed E-state index contributed by atoms with van der Waals surface area (Å²) in [5.74, 6) is 0. The van der Waals surface area contributed by atoms with Gasteiger partial charge in [0.1, 0.15) is 0 Å². The first kappa shape index (κ1) is 11.5. The van der Waals surface area contributed by atoms with Crippen molar-refractivity contribution in [3.05, 3.63) is 54.4 Å². The van der Waals surface area contributed by atoms with E-state index in [4.69, 9.17) is 4.74 Å². The molecular weight excluding hydrogens is 224 g/mol. The highest BCUT2D eigenvalue weighted by Gasteiger charge is 2.12. The Balaban J connectivity index is 1.79. The van der Waals surface area contributed by atoms with E-state index in [0.717, 1.165) is 32.8 Å². The number of para-hydroxylation sites is 1. The summed E-state index contributed by atoms with van der Waals surface area (Å²) in [6.45, 7) is 4.75. The van der Waals surface area contributed by atoms with E-state index < -0.39 is 0 Å². The molecule has 0 atom stereocenters. The van der Waals surface area contributed by atoms with Crippen LogP contribution in [0.2, 0.25) is 0 Å². The van der Waals surface area contributed by atoms with Crippen LogP contribution in [0, 0.1) is 0 Å². The fraction of sp³-hybridized carbons (Fsp3) is 0.333. The first-order valence-corrected chi connectivity index (χ1v) is 6.45. The molecule has 1 saturated heterocycles. The Kier molecular flexibility index (Phi) is 3.44. The van der Waals surface area contributed by atoms with Crippen LogP contribution >= 0.6 is 0 Å². The van der Waals surface area contributed by atoms with E-state index in [9.17, 15) is 0 Å². The van der Waals surface area contributed by atoms with Gasteiger partial charge in [0.05, 0.1) is 13.2 Å². The lowest BCUT2D eigenvalue weighted by molar-refractivity contribution is 0.0334. The molecular formula is C15H18N2O. The van der Waals surface area contributed by atoms with E-state index in [-0.39, 0.29) is 0 Å². The second kappa shape index (κ2) is 5.38. The molecule has 3 rings (SSSR count). The third-order valence-corrected chi connectivity index (χ3v) is 3.36. The Hall–Kier alpha value is -1.58. The Morgan fingerprint density at radius 1 is 0.944 bits per heavy atom. The Morgan fingerprint density at radius 2 is 1.72 bits per heavy atom. The minimum atomic E-state index is 0.853. The van der Waals surface area contributed by atoms with Crippen molar-refractivity contribution < 1.29 is 4.74 Å². The number of nitrogens with zero attached hydrogens (tertiary/aromatic N) is 2. The molecule has 2 heterocycles. The quantitative estimate of drug-likeness (QED) is 0.821. The Labute approximate surface area is 108 Å². The van der Waals surface area contributed by atoms with Crippen LogP contribution in [0.15, 0.2) is 48.7 Å². The summed E-state index contributed by atoms with van der Waals surface area (Å²) >= 11 is 0. The lowest BCUT2D eigenvalue weighted by Crippen LogP contribution is -2.36. The topological polar surface area (TPSA) is 17.4 Å². The zero-order valence-corrected chi connectivity index (χ0v) is 10.5. The zero-order valence-electron chi connectivity index (χ0n) is 10.5. The van der Waals surface area contributed by atoms with Gasteiger partial charge in [-0.1, -0.05) is 18.2 Å². The molecule has 1 aliphatic rings. The van der Waals surface area contributed by atoms with Crippen LogP contribution in [0.4, 0.5) is 0 Å². The summed E-state index contributed by atoms with van der Waals surface area (Å²) in [5, 5.41) is 0. The van der Waals surface area contributed by atoms with Gasteiger partial charge in [-0.2, -0.15) is 0 Å². The Bertz CT molecular complexity index is 486. The minimum absolute atomic E-state index is 0.853. The molecule has 1 aliphatic heterocycles. The molecule has 0 N–H and O–H groups in total. The summed E-state index contributed by atoms with van der Waals surface area (Å²) < 4.78 is 7.64. The largest absolute Gasteiger partial charge is 0.379 e. The molecule has 0 unspecified atom stereocenters. The molecule has 94 valence electrons. The van der Waals surface area contributed by atoms with Crippen LogP contribution in [0.25, 0.3) is 5.69 Å². The predicted molar refractivity (Wildman–Crippen MR) is 71.9 cm³/mol. The maximum Gasteiger partial charge on any atom is 0.0594 e. The fourth-order valence-corrected chi connectivity index (χ4v) is 2.37. The molecule has 1 aromatic heterocycles. The molecule has 0 radical (unpaired) electrons. The molecule has 0 bridgehead atoms. The van der Waals surface area contributed by atoms with Gasteiger partial charge in [0.25, 0.3) is 0 Å². The highest BCUT2D eigenvalue weighted by molar-refractivity contribution is 5.34. The standard InChI is InChI=1S/C15H18N2O/c1-2-5-14(6-3-1)17-8-4-7-15(17)13-16-9-11-18-12-10-16/h1-8H,9-13H2. The van der Waals surface area contributed by atoms with Gasteiger partial charge in [-0.25, -0.2) is 0 Å². The van der Waals surface area contributed by atoms with Crippen molar-refractivity contribution in [1.82, 2.24) is 9.47 Å². The van der Waals surface area contributed by atoms with Crippen molar-refractivity contribution in [2.24, 2.45) is 0 Å². The molecule has 3 heteroatoms. The molecule has 2 aromatic rings. The summed E-state index contributed by atoms with van der Waals surface area (Å²) in [7, 11) is 0. The number of morpholine rings is 1. The van der Waals surface area contributed by atoms with Crippen molar-refractivity contribution in [2.45, 2.75) is 6.54 Å². The average molecular weight is 242 g/mol. The van der Waals surface area contributed by atoms with Gasteiger partial charge in [0.2, 0.25) is 0 Å². The molecule has 1 aromatic carbocycles. The Morgan fingerprint density at radius 3 is 2.50 bits per heavy atom. The lowest BCUT2D eigenvalue weighted by Gasteiger charge is -2.27. The van der Waals surface area contributed by atoms with E-state index in [1.807, 2.05) is 0 Å². The smallest absolute Gasteiger partial charge is 0.0594 e. The highest BCUT2D eigenvalue weighted by atomic mass is 16.5. The van der Waals surface area contributed by atoms with Crippen molar-refractivity contribution >= 4 is 0 Å². The van der Waals surface area contributed by atoms with Crippen LogP contribution in [0.3, 0.4) is 0 Å². The fourth-order valence-electron chi connectivity index (χ4n) is 2.37. The first-order valence-electron chi connectivity index (χ1n) is 6.45. The third-order valence-electron chi connectivity index (χ3n) is 3.36. The van der Waals surface area contributed by atoms with Crippen LogP contribution in [0.1, 0.15) is 5.69 Å². The summed E-state index contributed by atoms with van der Waals surface area (Å²) in [5.41, 5.74) is 2.56. The van der Waals surface area contributed by atoms with Gasteiger partial charge >= 0.3 is 0 Å². The maximum atomic E-state index is 5.39. The second-order valence-corrected chi connectivity index (χ2v) is 4.59. The highest BCUT2D eigenvalue weighted by Crippen LogP contribution is 2.14. The van der Waals surface area contributed by atoms with Crippen LogP contribution in [0.5, 0.6) is 0 Å². The molecule has 18 heavy (non-hydrogen) atoms. The van der Waals surface area contributed by atoms with Gasteiger partial charge < -0.3 is 9.30 Å². The molecule has 0 aliphatic carbocycles. The lowest BCUT2D eigenvalue weighted by atomic mass is 10.3. The summed E-state index contributed by atoms with van der Waals surface area (Å²) in [6, 6.07) is 14.8. The average Bonchev–Trinajstić information content (AvgIpc) is 2.89. The third kappa shape index (κ3) is 2.47. The second-order valence-electron chi connectivity index (χ2n) is 4.59. The van der Waals surface area contributed by atoms with Crippen molar-refractivity contribution in [3.63, 3.8) is 0 Å². The number of hydrogen-bond donors (Lipinski definition) is 0. The minimum Gasteiger partial charge on any atom is -0.379 e. The van der Waals surface area contributed by atoms with E-state index >= 15 is 0 Å². The van der Waals surface area contributed by atoms with E-state index in [0.29, 0.717) is 0 Å². The van der Waals surface area contributed by atoms with Gasteiger partial charge in [0.15, 0.2) is 0 Å². The van der Waals surface area contributed by atoms with Gasteiger partial charge in [0, 0.05) is 37.2 Å². The molecule has 0 saturated carbocycles. The number of benzene rings is 1. The van der Waals surface area contributed by atoms with Gasteiger partial charge in [-0.15, -0.1) is 0 Å². The van der Waals surface area contributed by atoms with Crippen molar-refractivity contribution in [2.75, 3.05) is 26.3 Å². The maximum absolute atomic E-state index is 5.39. The van der Waals surface area contributed by atoms with E-state index in [1.165, 1.54) is 11.4 Å². The monoisotopic (exact) mass is 242 g/mol. The van der Waals surface area contributed by atoms with Gasteiger partial charge in [-0.05, 0) is 24.3 Å². The van der Waals surface area contributed by atoms with Crippen molar-refractivity contribution in [1.29, 1.82) is 0 Å². The number of hydrogen-bond acceptors (Lipinski definition) is 2. The molecule has 0 amide bonds. The normalized spacial score (nSPS) is 16.9. The van der Waals surface area contributed by atoms with Crippen LogP contribution < -0.4 is 0 Å². The molecule has 1 fully saturated rings. The van der Waals surface area contributed by atoms with Gasteiger partial charge in [-0.3, -0.25) is 4.90 Å². The number of ether oxygens (including phenoxy) is 1. The van der Waals surface area contributed by atoms with Crippen LogP contribution in [-0.4, -0.2) is 35.8 Å². The predicted octanol–water partition coefficient (Wildman–Crippen LogP) is 2.31. The zero-order chi connectivity index (χ0) is 12.2. The van der Waals surface area contributed by atoms with E-state index in [1.54, 1.807) is 0 Å². The summed E-state index contributed by atoms with van der Waals surface area (Å²) in [6.07, 6.45) is 2.13. The number of aromatic nitrogens is 1. The summed E-state index contributed by atoms with van der Waals surface area (Å²) in [4.78, 5) is 2.44. The van der Waals surface area contributed by atoms with E-state index in [2.05, 4.69) is 58.1 Å². The SMILES string of the molecule is c1ccc(-n2cccc2CN2CCOCC2)cc1. The molecule has 3 nitrogen and oxygen atoms in total.